The molecule has 1 aromatic heterocycles. The van der Waals surface area contributed by atoms with Gasteiger partial charge in [-0.05, 0) is 38.7 Å². The Labute approximate surface area is 258 Å². The minimum absolute atomic E-state index is 0.684. The number of hydrogen-bond donors (Lipinski definition) is 0. The van der Waals surface area contributed by atoms with Crippen molar-refractivity contribution in [3.8, 4) is 34.4 Å². The largest absolute Gasteiger partial charge is 0.455 e. The molecule has 0 fully saturated rings. The molecule has 0 aliphatic rings. The van der Waals surface area contributed by atoms with Gasteiger partial charge in [0, 0.05) is 43.4 Å². The zero-order chi connectivity index (χ0) is 30.1. The quantitative estimate of drug-likeness (QED) is 0.194. The van der Waals surface area contributed by atoms with E-state index in [1.807, 2.05) is 84.9 Å². The van der Waals surface area contributed by atoms with Crippen molar-refractivity contribution in [1.82, 2.24) is 0 Å². The summed E-state index contributed by atoms with van der Waals surface area (Å²) in [6, 6.07) is 50.2. The second kappa shape index (κ2) is 9.55. The summed E-state index contributed by atoms with van der Waals surface area (Å²) in [5.41, 5.74) is 7.18. The van der Waals surface area contributed by atoms with Gasteiger partial charge in [0.25, 0.3) is 0 Å². The number of fused-ring (bicyclic) bond motifs is 7. The van der Waals surface area contributed by atoms with E-state index in [1.54, 1.807) is 0 Å². The van der Waals surface area contributed by atoms with Crippen LogP contribution >= 0.6 is 0 Å². The Morgan fingerprint density at radius 2 is 0.756 bits per heavy atom. The normalized spacial score (nSPS) is 11.5. The van der Waals surface area contributed by atoms with E-state index in [0.29, 0.717) is 11.1 Å². The van der Waals surface area contributed by atoms with E-state index in [4.69, 9.17) is 4.42 Å². The van der Waals surface area contributed by atoms with Crippen LogP contribution < -0.4 is 0 Å². The molecule has 0 bridgehead atoms. The molecule has 0 unspecified atom stereocenters. The van der Waals surface area contributed by atoms with Crippen molar-refractivity contribution in [2.75, 3.05) is 0 Å². The van der Waals surface area contributed by atoms with Gasteiger partial charge in [-0.1, -0.05) is 127 Å². The van der Waals surface area contributed by atoms with E-state index in [9.17, 15) is 10.5 Å². The number of rotatable bonds is 2. The highest BCUT2D eigenvalue weighted by atomic mass is 16.3. The van der Waals surface area contributed by atoms with Gasteiger partial charge >= 0.3 is 0 Å². The van der Waals surface area contributed by atoms with Crippen LogP contribution in [0.2, 0.25) is 0 Å². The van der Waals surface area contributed by atoms with E-state index < -0.39 is 0 Å². The molecule has 1 heterocycles. The SMILES string of the molecule is N#Cc1c2ccccc2c(-c2cccc3c2oc2cccc(-c4c5ccccc5c(C#N)c5ccccc45)c23)c2ccccc12. The summed E-state index contributed by atoms with van der Waals surface area (Å²) in [5.74, 6) is 0. The maximum atomic E-state index is 10.2. The molecule has 8 aromatic carbocycles. The van der Waals surface area contributed by atoms with Gasteiger partial charge in [-0.3, -0.25) is 0 Å². The third-order valence-electron chi connectivity index (χ3n) is 9.15. The number of hydrogen-bond acceptors (Lipinski definition) is 3. The van der Waals surface area contributed by atoms with E-state index in [-0.39, 0.29) is 0 Å². The predicted octanol–water partition coefficient (Wildman–Crippen LogP) is 11.3. The fraction of sp³-hybridized carbons (Fsp3) is 0. The van der Waals surface area contributed by atoms with Crippen LogP contribution in [0.25, 0.3) is 87.3 Å². The topological polar surface area (TPSA) is 60.7 Å². The molecule has 0 saturated heterocycles. The van der Waals surface area contributed by atoms with Crippen molar-refractivity contribution in [2.45, 2.75) is 0 Å². The zero-order valence-electron chi connectivity index (χ0n) is 24.0. The van der Waals surface area contributed by atoms with Crippen molar-refractivity contribution < 1.29 is 4.42 Å². The number of nitriles is 2. The highest BCUT2D eigenvalue weighted by Crippen LogP contribution is 2.47. The number of benzene rings is 8. The molecular weight excluding hydrogens is 548 g/mol. The fourth-order valence-electron chi connectivity index (χ4n) is 7.33. The minimum atomic E-state index is 0.684. The lowest BCUT2D eigenvalue weighted by molar-refractivity contribution is 0.670. The molecule has 9 aromatic rings. The van der Waals surface area contributed by atoms with Gasteiger partial charge in [-0.25, -0.2) is 0 Å². The summed E-state index contributed by atoms with van der Waals surface area (Å²) in [7, 11) is 0. The monoisotopic (exact) mass is 570 g/mol. The third kappa shape index (κ3) is 3.44. The summed E-state index contributed by atoms with van der Waals surface area (Å²) >= 11 is 0. The summed E-state index contributed by atoms with van der Waals surface area (Å²) in [6.45, 7) is 0. The first-order valence-electron chi connectivity index (χ1n) is 14.9. The maximum Gasteiger partial charge on any atom is 0.143 e. The first-order valence-corrected chi connectivity index (χ1v) is 14.9. The Morgan fingerprint density at radius 3 is 1.22 bits per heavy atom. The van der Waals surface area contributed by atoms with Crippen LogP contribution in [0.3, 0.4) is 0 Å². The van der Waals surface area contributed by atoms with Crippen LogP contribution in [0, 0.1) is 22.7 Å². The van der Waals surface area contributed by atoms with Crippen LogP contribution in [-0.4, -0.2) is 0 Å². The lowest BCUT2D eigenvalue weighted by Gasteiger charge is -2.15. The molecule has 45 heavy (non-hydrogen) atoms. The van der Waals surface area contributed by atoms with Crippen LogP contribution in [0.4, 0.5) is 0 Å². The molecule has 0 N–H and O–H groups in total. The summed E-state index contributed by atoms with van der Waals surface area (Å²) in [6.07, 6.45) is 0. The molecule has 0 spiro atoms. The second-order valence-electron chi connectivity index (χ2n) is 11.4. The average Bonchev–Trinajstić information content (AvgIpc) is 3.49. The standard InChI is InChI=1S/C42H22N2O/c43-23-36-25-11-1-5-15-29(25)39(30-16-6-2-12-26(30)36)33-19-10-22-38-41(33)35-21-9-20-34(42(35)45-38)40-31-17-7-3-13-27(31)37(24-44)28-14-4-8-18-32(28)40/h1-22H. The van der Waals surface area contributed by atoms with Crippen molar-refractivity contribution in [3.05, 3.63) is 145 Å². The summed E-state index contributed by atoms with van der Waals surface area (Å²) in [5, 5.41) is 30.3. The van der Waals surface area contributed by atoms with Gasteiger partial charge < -0.3 is 4.42 Å². The van der Waals surface area contributed by atoms with Crippen LogP contribution in [-0.2, 0) is 0 Å². The first-order chi connectivity index (χ1) is 22.3. The number of furan rings is 1. The summed E-state index contributed by atoms with van der Waals surface area (Å²) < 4.78 is 6.81. The Balaban J connectivity index is 1.44. The van der Waals surface area contributed by atoms with Gasteiger partial charge in [0.1, 0.15) is 23.3 Å². The van der Waals surface area contributed by atoms with Crippen LogP contribution in [0.1, 0.15) is 11.1 Å². The van der Waals surface area contributed by atoms with E-state index in [2.05, 4.69) is 60.7 Å². The van der Waals surface area contributed by atoms with Gasteiger partial charge in [-0.15, -0.1) is 0 Å². The molecule has 206 valence electrons. The highest BCUT2D eigenvalue weighted by molar-refractivity contribution is 6.25. The molecule has 0 saturated carbocycles. The molecule has 0 aliphatic heterocycles. The minimum Gasteiger partial charge on any atom is -0.455 e. The lowest BCUT2D eigenvalue weighted by Crippen LogP contribution is -1.91. The van der Waals surface area contributed by atoms with E-state index in [1.165, 1.54) is 0 Å². The lowest BCUT2D eigenvalue weighted by atomic mass is 9.86. The molecule has 3 nitrogen and oxygen atoms in total. The Morgan fingerprint density at radius 1 is 0.378 bits per heavy atom. The van der Waals surface area contributed by atoms with Gasteiger partial charge in [0.05, 0.1) is 11.1 Å². The first kappa shape index (κ1) is 25.1. The van der Waals surface area contributed by atoms with Gasteiger partial charge in [0.2, 0.25) is 0 Å². The number of para-hydroxylation sites is 1. The van der Waals surface area contributed by atoms with Crippen LogP contribution in [0.5, 0.6) is 0 Å². The molecule has 3 heteroatoms. The van der Waals surface area contributed by atoms with Crippen molar-refractivity contribution in [1.29, 1.82) is 10.5 Å². The molecule has 9 rings (SSSR count). The van der Waals surface area contributed by atoms with Crippen molar-refractivity contribution in [3.63, 3.8) is 0 Å². The van der Waals surface area contributed by atoms with Crippen molar-refractivity contribution >= 4 is 65.0 Å². The van der Waals surface area contributed by atoms with E-state index in [0.717, 1.165) is 87.3 Å². The van der Waals surface area contributed by atoms with E-state index >= 15 is 0 Å². The maximum absolute atomic E-state index is 10.2. The Bertz CT molecular complexity index is 2680. The predicted molar refractivity (Wildman–Crippen MR) is 184 cm³/mol. The van der Waals surface area contributed by atoms with Gasteiger partial charge in [-0.2, -0.15) is 10.5 Å². The molecule has 0 radical (unpaired) electrons. The Hall–Kier alpha value is -6.42. The molecule has 0 amide bonds. The van der Waals surface area contributed by atoms with Gasteiger partial charge in [0.15, 0.2) is 0 Å². The zero-order valence-corrected chi connectivity index (χ0v) is 24.0. The third-order valence-corrected chi connectivity index (χ3v) is 9.15. The fourth-order valence-corrected chi connectivity index (χ4v) is 7.33. The second-order valence-corrected chi connectivity index (χ2v) is 11.4. The highest BCUT2D eigenvalue weighted by Gasteiger charge is 2.22. The van der Waals surface area contributed by atoms with Crippen LogP contribution in [0.15, 0.2) is 138 Å². The molecular formula is C42H22N2O. The molecule has 0 aliphatic carbocycles. The van der Waals surface area contributed by atoms with Crippen molar-refractivity contribution in [2.24, 2.45) is 0 Å². The number of nitrogens with zero attached hydrogens (tertiary/aromatic N) is 2. The average molecular weight is 571 g/mol. The smallest absolute Gasteiger partial charge is 0.143 e. The molecule has 0 atom stereocenters. The Kier molecular flexibility index (Phi) is 5.33. The summed E-state index contributed by atoms with van der Waals surface area (Å²) in [4.78, 5) is 0.